The summed E-state index contributed by atoms with van der Waals surface area (Å²) in [6.45, 7) is 8.74. The molecule has 1 aliphatic heterocycles. The van der Waals surface area contributed by atoms with E-state index in [2.05, 4.69) is 18.7 Å². The van der Waals surface area contributed by atoms with Gasteiger partial charge in [-0.1, -0.05) is 57.0 Å². The van der Waals surface area contributed by atoms with Crippen molar-refractivity contribution in [3.05, 3.63) is 64.4 Å². The summed E-state index contributed by atoms with van der Waals surface area (Å²) in [4.78, 5) is 15.4. The van der Waals surface area contributed by atoms with Crippen LogP contribution in [0.1, 0.15) is 66.6 Å². The summed E-state index contributed by atoms with van der Waals surface area (Å²) in [5.74, 6) is 0.923. The number of hydrogen-bond acceptors (Lipinski definition) is 4. The third kappa shape index (κ3) is 4.88. The van der Waals surface area contributed by atoms with Gasteiger partial charge in [0.25, 0.3) is 0 Å². The van der Waals surface area contributed by atoms with Crippen LogP contribution in [0.25, 0.3) is 6.08 Å². The van der Waals surface area contributed by atoms with Gasteiger partial charge in [0.05, 0.1) is 11.1 Å². The number of aromatic hydroxyl groups is 1. The van der Waals surface area contributed by atoms with Crippen LogP contribution in [-0.4, -0.2) is 28.9 Å². The number of phenols is 1. The van der Waals surface area contributed by atoms with Crippen LogP contribution in [0.15, 0.2) is 42.2 Å². The van der Waals surface area contributed by atoms with Gasteiger partial charge in [0.2, 0.25) is 5.78 Å². The van der Waals surface area contributed by atoms with Crippen LogP contribution in [0, 0.1) is 6.92 Å². The van der Waals surface area contributed by atoms with E-state index in [9.17, 15) is 9.90 Å². The molecule has 2 aromatic carbocycles. The summed E-state index contributed by atoms with van der Waals surface area (Å²) in [7, 11) is 0. The molecule has 1 N–H and O–H groups in total. The Morgan fingerprint density at radius 1 is 1.07 bits per heavy atom. The summed E-state index contributed by atoms with van der Waals surface area (Å²) < 4.78 is 6.05. The van der Waals surface area contributed by atoms with Crippen molar-refractivity contribution in [2.75, 3.05) is 13.1 Å². The topological polar surface area (TPSA) is 49.8 Å². The van der Waals surface area contributed by atoms with Gasteiger partial charge in [-0.2, -0.15) is 0 Å². The predicted octanol–water partition coefficient (Wildman–Crippen LogP) is 5.72. The van der Waals surface area contributed by atoms with E-state index in [1.54, 1.807) is 12.1 Å². The van der Waals surface area contributed by atoms with Crippen LogP contribution >= 0.6 is 0 Å². The standard InChI is InChI=1S/C25H31NO3/c1-4-6-13-26(14-7-5-2)17-20-21(27)15-18(3)23-24(28)22(29-25(20)23)16-19-11-9-8-10-12-19/h8-12,15-16,27H,4-7,13-14,17H2,1-3H3/b22-16+. The molecule has 0 spiro atoms. The highest BCUT2D eigenvalue weighted by Crippen LogP contribution is 2.42. The van der Waals surface area contributed by atoms with Crippen LogP contribution < -0.4 is 4.74 Å². The zero-order valence-electron chi connectivity index (χ0n) is 17.7. The largest absolute Gasteiger partial charge is 0.507 e. The molecule has 3 rings (SSSR count). The molecule has 1 heterocycles. The van der Waals surface area contributed by atoms with Crippen molar-refractivity contribution in [3.8, 4) is 11.5 Å². The molecule has 0 amide bonds. The Bertz CT molecular complexity index is 879. The van der Waals surface area contributed by atoms with Gasteiger partial charge in [-0.15, -0.1) is 0 Å². The fraction of sp³-hybridized carbons (Fsp3) is 0.400. The molecule has 2 aromatic rings. The maximum Gasteiger partial charge on any atom is 0.232 e. The van der Waals surface area contributed by atoms with Crippen LogP contribution in [0.4, 0.5) is 0 Å². The third-order valence-electron chi connectivity index (χ3n) is 5.36. The maximum absolute atomic E-state index is 13.0. The van der Waals surface area contributed by atoms with Gasteiger partial charge in [0, 0.05) is 6.54 Å². The average Bonchev–Trinajstić information content (AvgIpc) is 3.04. The zero-order chi connectivity index (χ0) is 20.8. The van der Waals surface area contributed by atoms with Gasteiger partial charge >= 0.3 is 0 Å². The molecule has 4 nitrogen and oxygen atoms in total. The highest BCUT2D eigenvalue weighted by atomic mass is 16.5. The van der Waals surface area contributed by atoms with Gasteiger partial charge in [-0.3, -0.25) is 9.69 Å². The van der Waals surface area contributed by atoms with E-state index in [1.165, 1.54) is 0 Å². The van der Waals surface area contributed by atoms with E-state index in [4.69, 9.17) is 4.74 Å². The van der Waals surface area contributed by atoms with Gasteiger partial charge in [0.1, 0.15) is 11.5 Å². The molecule has 4 heteroatoms. The number of allylic oxidation sites excluding steroid dienone is 1. The predicted molar refractivity (Wildman–Crippen MR) is 117 cm³/mol. The van der Waals surface area contributed by atoms with E-state index >= 15 is 0 Å². The smallest absolute Gasteiger partial charge is 0.232 e. The molecular weight excluding hydrogens is 362 g/mol. The quantitative estimate of drug-likeness (QED) is 0.554. The van der Waals surface area contributed by atoms with Crippen LogP contribution in [-0.2, 0) is 6.54 Å². The normalized spacial score (nSPS) is 14.5. The van der Waals surface area contributed by atoms with E-state index in [1.807, 2.05) is 37.3 Å². The van der Waals surface area contributed by atoms with Crippen molar-refractivity contribution in [2.45, 2.75) is 53.0 Å². The van der Waals surface area contributed by atoms with Crippen LogP contribution in [0.5, 0.6) is 11.5 Å². The fourth-order valence-electron chi connectivity index (χ4n) is 3.69. The summed E-state index contributed by atoms with van der Waals surface area (Å²) >= 11 is 0. The molecule has 0 saturated carbocycles. The molecule has 0 aliphatic carbocycles. The molecule has 0 saturated heterocycles. The van der Waals surface area contributed by atoms with E-state index in [-0.39, 0.29) is 11.5 Å². The Balaban J connectivity index is 1.94. The lowest BCUT2D eigenvalue weighted by molar-refractivity contribution is 0.101. The molecule has 1 aliphatic rings. The minimum Gasteiger partial charge on any atom is -0.507 e. The van der Waals surface area contributed by atoms with Crippen molar-refractivity contribution in [3.63, 3.8) is 0 Å². The van der Waals surface area contributed by atoms with Crippen molar-refractivity contribution in [1.82, 2.24) is 4.90 Å². The number of fused-ring (bicyclic) bond motifs is 1. The molecule has 0 atom stereocenters. The second kappa shape index (κ2) is 9.75. The van der Waals surface area contributed by atoms with Crippen LogP contribution in [0.2, 0.25) is 0 Å². The molecule has 29 heavy (non-hydrogen) atoms. The minimum atomic E-state index is -0.115. The fourth-order valence-corrected chi connectivity index (χ4v) is 3.69. The van der Waals surface area contributed by atoms with Crippen molar-refractivity contribution in [1.29, 1.82) is 0 Å². The van der Waals surface area contributed by atoms with E-state index in [0.29, 0.717) is 29.2 Å². The molecule has 0 aromatic heterocycles. The first-order chi connectivity index (χ1) is 14.0. The summed E-state index contributed by atoms with van der Waals surface area (Å²) in [6.07, 6.45) is 6.24. The lowest BCUT2D eigenvalue weighted by atomic mass is 9.99. The first kappa shape index (κ1) is 21.1. The van der Waals surface area contributed by atoms with Gasteiger partial charge in [-0.25, -0.2) is 0 Å². The Morgan fingerprint density at radius 2 is 1.72 bits per heavy atom. The van der Waals surface area contributed by atoms with Crippen molar-refractivity contribution >= 4 is 11.9 Å². The maximum atomic E-state index is 13.0. The first-order valence-corrected chi connectivity index (χ1v) is 10.6. The number of nitrogens with zero attached hydrogens (tertiary/aromatic N) is 1. The number of ether oxygens (including phenoxy) is 1. The number of hydrogen-bond donors (Lipinski definition) is 1. The Hall–Kier alpha value is -2.59. The van der Waals surface area contributed by atoms with Crippen LogP contribution in [0.3, 0.4) is 0 Å². The van der Waals surface area contributed by atoms with Crippen molar-refractivity contribution < 1.29 is 14.6 Å². The van der Waals surface area contributed by atoms with Gasteiger partial charge < -0.3 is 9.84 Å². The Labute approximate surface area is 173 Å². The molecule has 0 radical (unpaired) electrons. The third-order valence-corrected chi connectivity index (χ3v) is 5.36. The number of unbranched alkanes of at least 4 members (excludes halogenated alkanes) is 2. The zero-order valence-corrected chi connectivity index (χ0v) is 17.7. The monoisotopic (exact) mass is 393 g/mol. The number of ketones is 1. The first-order valence-electron chi connectivity index (χ1n) is 10.6. The van der Waals surface area contributed by atoms with E-state index < -0.39 is 0 Å². The molecule has 154 valence electrons. The molecule has 0 bridgehead atoms. The summed E-state index contributed by atoms with van der Waals surface area (Å²) in [6, 6.07) is 11.4. The second-order valence-electron chi connectivity index (χ2n) is 7.73. The molecule has 0 unspecified atom stereocenters. The van der Waals surface area contributed by atoms with Gasteiger partial charge in [-0.05, 0) is 56.1 Å². The Morgan fingerprint density at radius 3 is 2.34 bits per heavy atom. The molecule has 0 fully saturated rings. The highest BCUT2D eigenvalue weighted by molar-refractivity contribution is 6.15. The summed E-state index contributed by atoms with van der Waals surface area (Å²) in [5.41, 5.74) is 2.95. The number of carbonyl (C=O) groups excluding carboxylic acids is 1. The van der Waals surface area contributed by atoms with Crippen molar-refractivity contribution in [2.24, 2.45) is 0 Å². The lowest BCUT2D eigenvalue weighted by Gasteiger charge is -2.23. The average molecular weight is 394 g/mol. The highest BCUT2D eigenvalue weighted by Gasteiger charge is 2.33. The number of aryl methyl sites for hydroxylation is 1. The summed E-state index contributed by atoms with van der Waals surface area (Å²) in [5, 5.41) is 10.7. The molecular formula is C25H31NO3. The SMILES string of the molecule is CCCCN(CCCC)Cc1c(O)cc(C)c2c1O/C(=C/c1ccccc1)C2=O. The Kier molecular flexibility index (Phi) is 7.10. The number of rotatable bonds is 9. The number of carbonyl (C=O) groups is 1. The lowest BCUT2D eigenvalue weighted by Crippen LogP contribution is -2.26. The minimum absolute atomic E-state index is 0.115. The number of benzene rings is 2. The van der Waals surface area contributed by atoms with E-state index in [0.717, 1.165) is 49.9 Å². The second-order valence-corrected chi connectivity index (χ2v) is 7.73. The number of Topliss-reactive ketones (excluding diaryl/α,β-unsaturated/α-hetero) is 1. The van der Waals surface area contributed by atoms with Gasteiger partial charge in [0.15, 0.2) is 5.76 Å². The number of phenolic OH excluding ortho intramolecular Hbond substituents is 1.